The molecule has 1 aliphatic carbocycles. The molecule has 0 fully saturated rings. The maximum atomic E-state index is 15.2. The van der Waals surface area contributed by atoms with Gasteiger partial charge < -0.3 is 5.32 Å². The molecule has 0 spiro atoms. The van der Waals surface area contributed by atoms with Crippen molar-refractivity contribution in [1.82, 2.24) is 0 Å². The molecule has 154 valence electrons. The average Bonchev–Trinajstić information content (AvgIpc) is 2.75. The highest BCUT2D eigenvalue weighted by molar-refractivity contribution is 6.42. The second-order valence-corrected chi connectivity index (χ2v) is 8.58. The quantitative estimate of drug-likeness (QED) is 0.449. The third-order valence-corrected chi connectivity index (χ3v) is 6.66. The highest BCUT2D eigenvalue weighted by Crippen LogP contribution is 2.43. The Labute approximate surface area is 186 Å². The van der Waals surface area contributed by atoms with Gasteiger partial charge in [0, 0.05) is 11.3 Å². The van der Waals surface area contributed by atoms with E-state index in [1.807, 2.05) is 43.3 Å². The van der Waals surface area contributed by atoms with E-state index in [-0.39, 0.29) is 11.8 Å². The van der Waals surface area contributed by atoms with Gasteiger partial charge in [0.25, 0.3) is 5.91 Å². The lowest BCUT2D eigenvalue weighted by Crippen LogP contribution is -2.20. The minimum atomic E-state index is -1.08. The van der Waals surface area contributed by atoms with Gasteiger partial charge in [-0.15, -0.1) is 0 Å². The van der Waals surface area contributed by atoms with Crippen LogP contribution in [0.15, 0.2) is 60.7 Å². The van der Waals surface area contributed by atoms with Crippen molar-refractivity contribution >= 4 is 34.8 Å². The summed E-state index contributed by atoms with van der Waals surface area (Å²) in [6, 6.07) is 18.5. The van der Waals surface area contributed by atoms with E-state index in [1.165, 1.54) is 0 Å². The van der Waals surface area contributed by atoms with E-state index in [9.17, 15) is 4.79 Å². The summed E-state index contributed by atoms with van der Waals surface area (Å²) in [4.78, 5) is 12.5. The molecule has 4 rings (SSSR count). The topological polar surface area (TPSA) is 29.1 Å². The maximum absolute atomic E-state index is 15.2. The van der Waals surface area contributed by atoms with Crippen LogP contribution in [0, 0.1) is 12.8 Å². The molecule has 0 heterocycles. The molecule has 0 saturated heterocycles. The third kappa shape index (κ3) is 4.23. The Bertz CT molecular complexity index is 1080. The summed E-state index contributed by atoms with van der Waals surface area (Å²) < 4.78 is 15.2. The number of amides is 1. The average molecular weight is 442 g/mol. The molecule has 0 aromatic heterocycles. The summed E-state index contributed by atoms with van der Waals surface area (Å²) in [5.41, 5.74) is 4.88. The Morgan fingerprint density at radius 2 is 1.80 bits per heavy atom. The largest absolute Gasteiger partial charge is 0.322 e. The van der Waals surface area contributed by atoms with E-state index in [2.05, 4.69) is 5.32 Å². The van der Waals surface area contributed by atoms with Crippen LogP contribution in [0.5, 0.6) is 0 Å². The smallest absolute Gasteiger partial charge is 0.255 e. The van der Waals surface area contributed by atoms with E-state index in [4.69, 9.17) is 23.2 Å². The van der Waals surface area contributed by atoms with Gasteiger partial charge in [-0.25, -0.2) is 4.39 Å². The number of nitrogens with one attached hydrogen (secondary N) is 1. The number of halogens is 3. The highest BCUT2D eigenvalue weighted by atomic mass is 35.5. The number of aryl methyl sites for hydroxylation is 1. The lowest BCUT2D eigenvalue weighted by Gasteiger charge is -2.29. The Hall–Kier alpha value is -2.36. The molecule has 1 amide bonds. The van der Waals surface area contributed by atoms with Crippen molar-refractivity contribution in [2.45, 2.75) is 32.4 Å². The second-order valence-electron chi connectivity index (χ2n) is 7.80. The molecule has 2 nitrogen and oxygen atoms in total. The van der Waals surface area contributed by atoms with Gasteiger partial charge in [-0.1, -0.05) is 59.6 Å². The fourth-order valence-electron chi connectivity index (χ4n) is 4.06. The number of para-hydroxylation sites is 1. The molecule has 1 N–H and O–H groups in total. The van der Waals surface area contributed by atoms with Gasteiger partial charge in [0.15, 0.2) is 0 Å². The zero-order valence-electron chi connectivity index (χ0n) is 16.6. The minimum Gasteiger partial charge on any atom is -0.322 e. The van der Waals surface area contributed by atoms with E-state index in [0.717, 1.165) is 28.8 Å². The van der Waals surface area contributed by atoms with Crippen LogP contribution in [-0.4, -0.2) is 5.91 Å². The lowest BCUT2D eigenvalue weighted by molar-refractivity contribution is 0.102. The van der Waals surface area contributed by atoms with Gasteiger partial charge in [0.1, 0.15) is 6.17 Å². The molecular weight excluding hydrogens is 420 g/mol. The summed E-state index contributed by atoms with van der Waals surface area (Å²) in [5, 5.41) is 3.88. The van der Waals surface area contributed by atoms with Crippen LogP contribution in [-0.2, 0) is 12.8 Å². The van der Waals surface area contributed by atoms with Crippen LogP contribution in [0.25, 0.3) is 0 Å². The van der Waals surface area contributed by atoms with Crippen molar-refractivity contribution in [2.75, 3.05) is 5.32 Å². The summed E-state index contributed by atoms with van der Waals surface area (Å²) in [5.74, 6) is -0.279. The lowest BCUT2D eigenvalue weighted by atomic mass is 9.79. The number of anilines is 1. The van der Waals surface area contributed by atoms with E-state index in [0.29, 0.717) is 34.0 Å². The standard InChI is InChI=1S/C25H22Cl2FNO/c1-15-4-2-3-5-22(15)29-25(30)17-8-6-16(7-9-17)14-18-10-11-19-20(24(18)28)12-13-21(26)23(19)27/h2-9,12-13,18,24H,10-11,14H2,1H3,(H,29,30). The first-order chi connectivity index (χ1) is 14.4. The fraction of sp³-hybridized carbons (Fsp3) is 0.240. The Kier molecular flexibility index (Phi) is 6.12. The van der Waals surface area contributed by atoms with Gasteiger partial charge in [-0.05, 0) is 78.6 Å². The summed E-state index contributed by atoms with van der Waals surface area (Å²) in [7, 11) is 0. The van der Waals surface area contributed by atoms with Crippen molar-refractivity contribution in [2.24, 2.45) is 5.92 Å². The number of alkyl halides is 1. The Morgan fingerprint density at radius 3 is 2.53 bits per heavy atom. The van der Waals surface area contributed by atoms with E-state index >= 15 is 4.39 Å². The van der Waals surface area contributed by atoms with Gasteiger partial charge in [0.2, 0.25) is 0 Å². The minimum absolute atomic E-state index is 0.124. The molecule has 3 aromatic carbocycles. The molecule has 2 unspecified atom stereocenters. The predicted octanol–water partition coefficient (Wildman–Crippen LogP) is 7.37. The summed E-state index contributed by atoms with van der Waals surface area (Å²) in [6.45, 7) is 1.95. The van der Waals surface area contributed by atoms with Gasteiger partial charge in [-0.3, -0.25) is 4.79 Å². The van der Waals surface area contributed by atoms with Crippen LogP contribution in [0.2, 0.25) is 10.0 Å². The molecule has 0 bridgehead atoms. The van der Waals surface area contributed by atoms with Crippen molar-refractivity contribution in [1.29, 1.82) is 0 Å². The second kappa shape index (κ2) is 8.79. The first-order valence-corrected chi connectivity index (χ1v) is 10.8. The van der Waals surface area contributed by atoms with Gasteiger partial charge in [-0.2, -0.15) is 0 Å². The van der Waals surface area contributed by atoms with E-state index in [1.54, 1.807) is 24.3 Å². The first-order valence-electron chi connectivity index (χ1n) is 10.0. The Balaban J connectivity index is 1.44. The van der Waals surface area contributed by atoms with Gasteiger partial charge in [0.05, 0.1) is 10.0 Å². The molecule has 5 heteroatoms. The molecule has 0 aliphatic heterocycles. The maximum Gasteiger partial charge on any atom is 0.255 e. The van der Waals surface area contributed by atoms with Crippen LogP contribution >= 0.6 is 23.2 Å². The first kappa shape index (κ1) is 20.9. The number of fused-ring (bicyclic) bond motifs is 1. The van der Waals surface area contributed by atoms with Crippen LogP contribution in [0.4, 0.5) is 10.1 Å². The number of hydrogen-bond donors (Lipinski definition) is 1. The van der Waals surface area contributed by atoms with Gasteiger partial charge >= 0.3 is 0 Å². The monoisotopic (exact) mass is 441 g/mol. The molecule has 0 saturated carbocycles. The van der Waals surface area contributed by atoms with Crippen molar-refractivity contribution in [3.05, 3.63) is 98.5 Å². The molecule has 0 radical (unpaired) electrons. The van der Waals surface area contributed by atoms with Crippen LogP contribution < -0.4 is 5.32 Å². The third-order valence-electron chi connectivity index (χ3n) is 5.82. The normalized spacial score (nSPS) is 18.0. The van der Waals surface area contributed by atoms with Crippen LogP contribution in [0.3, 0.4) is 0 Å². The zero-order valence-corrected chi connectivity index (χ0v) is 18.1. The SMILES string of the molecule is Cc1ccccc1NC(=O)c1ccc(CC2CCc3c(ccc(Cl)c3Cl)C2F)cc1. The Morgan fingerprint density at radius 1 is 1.07 bits per heavy atom. The highest BCUT2D eigenvalue weighted by Gasteiger charge is 2.31. The molecule has 30 heavy (non-hydrogen) atoms. The van der Waals surface area contributed by atoms with Crippen LogP contribution in [0.1, 0.15) is 45.2 Å². The number of rotatable bonds is 4. The number of benzene rings is 3. The number of carbonyl (C=O) groups is 1. The number of carbonyl (C=O) groups excluding carboxylic acids is 1. The summed E-state index contributed by atoms with van der Waals surface area (Å²) >= 11 is 12.3. The molecule has 1 aliphatic rings. The molecule has 2 atom stereocenters. The van der Waals surface area contributed by atoms with Crippen molar-refractivity contribution < 1.29 is 9.18 Å². The molecule has 3 aromatic rings. The predicted molar refractivity (Wildman–Crippen MR) is 121 cm³/mol. The zero-order chi connectivity index (χ0) is 21.3. The fourth-order valence-corrected chi connectivity index (χ4v) is 4.50. The van der Waals surface area contributed by atoms with Crippen molar-refractivity contribution in [3.8, 4) is 0 Å². The molecular formula is C25H22Cl2FNO. The van der Waals surface area contributed by atoms with Crippen molar-refractivity contribution in [3.63, 3.8) is 0 Å². The van der Waals surface area contributed by atoms with E-state index < -0.39 is 6.17 Å². The summed E-state index contributed by atoms with van der Waals surface area (Å²) in [6.07, 6.45) is 0.966. The number of hydrogen-bond acceptors (Lipinski definition) is 1.